The van der Waals surface area contributed by atoms with Gasteiger partial charge in [-0.25, -0.2) is 9.59 Å². The van der Waals surface area contributed by atoms with Crippen molar-refractivity contribution >= 4 is 18.2 Å². The van der Waals surface area contributed by atoms with E-state index in [2.05, 4.69) is 0 Å². The molecule has 1 atom stereocenters. The summed E-state index contributed by atoms with van der Waals surface area (Å²) in [7, 11) is 0. The van der Waals surface area contributed by atoms with Gasteiger partial charge in [0.05, 0.1) is 11.8 Å². The van der Waals surface area contributed by atoms with Gasteiger partial charge in [0.1, 0.15) is 11.2 Å². The molecule has 1 rings (SSSR count). The minimum Gasteiger partial charge on any atom is -0.480 e. The Kier molecular flexibility index (Phi) is 5.17. The summed E-state index contributed by atoms with van der Waals surface area (Å²) in [5.74, 6) is -1.44. The van der Waals surface area contributed by atoms with Gasteiger partial charge in [-0.3, -0.25) is 4.79 Å². The van der Waals surface area contributed by atoms with Gasteiger partial charge in [0.25, 0.3) is 0 Å². The standard InChI is InChI=1S/C16H22O6/c1-15(2,3)21-13(18)11-7-10(8-17)9-20-12(11)14(19)22-16(4,5)6/h7-9,12H,1-6H3. The quantitative estimate of drug-likeness (QED) is 0.586. The van der Waals surface area contributed by atoms with Crippen molar-refractivity contribution in [3.63, 3.8) is 0 Å². The fourth-order valence-corrected chi connectivity index (χ4v) is 1.61. The normalized spacial score (nSPS) is 18.5. The third kappa shape index (κ3) is 5.35. The fourth-order valence-electron chi connectivity index (χ4n) is 1.61. The minimum absolute atomic E-state index is 0.0613. The molecule has 0 aromatic carbocycles. The highest BCUT2D eigenvalue weighted by atomic mass is 16.6. The first-order valence-corrected chi connectivity index (χ1v) is 6.91. The van der Waals surface area contributed by atoms with E-state index >= 15 is 0 Å². The van der Waals surface area contributed by atoms with Crippen molar-refractivity contribution in [3.05, 3.63) is 23.5 Å². The Morgan fingerprint density at radius 2 is 1.64 bits per heavy atom. The third-order valence-corrected chi connectivity index (χ3v) is 2.34. The number of hydrogen-bond acceptors (Lipinski definition) is 6. The predicted molar refractivity (Wildman–Crippen MR) is 78.8 cm³/mol. The van der Waals surface area contributed by atoms with Gasteiger partial charge in [0.2, 0.25) is 6.10 Å². The van der Waals surface area contributed by atoms with E-state index in [4.69, 9.17) is 14.2 Å². The summed E-state index contributed by atoms with van der Waals surface area (Å²) in [5.41, 5.74) is -1.39. The van der Waals surface area contributed by atoms with E-state index in [1.54, 1.807) is 41.5 Å². The predicted octanol–water partition coefficient (Wildman–Crippen LogP) is 2.08. The second-order valence-corrected chi connectivity index (χ2v) is 6.89. The number of ether oxygens (including phenoxy) is 3. The van der Waals surface area contributed by atoms with Crippen molar-refractivity contribution in [2.45, 2.75) is 58.8 Å². The molecule has 0 aromatic heterocycles. The smallest absolute Gasteiger partial charge is 0.352 e. The van der Waals surface area contributed by atoms with Crippen LogP contribution in [0.4, 0.5) is 0 Å². The van der Waals surface area contributed by atoms with Crippen LogP contribution in [0.25, 0.3) is 0 Å². The number of hydrogen-bond donors (Lipinski definition) is 0. The highest BCUT2D eigenvalue weighted by Crippen LogP contribution is 2.23. The van der Waals surface area contributed by atoms with Crippen LogP contribution in [0.15, 0.2) is 23.5 Å². The third-order valence-electron chi connectivity index (χ3n) is 2.34. The molecule has 0 bridgehead atoms. The SMILES string of the molecule is CC(C)(C)OC(=O)C1=CC(C=O)=COC1C(=O)OC(C)(C)C. The highest BCUT2D eigenvalue weighted by Gasteiger charge is 2.37. The minimum atomic E-state index is -1.25. The van der Waals surface area contributed by atoms with Crippen LogP contribution in [0.5, 0.6) is 0 Å². The first-order chi connectivity index (χ1) is 9.93. The maximum atomic E-state index is 12.2. The first-order valence-electron chi connectivity index (χ1n) is 6.91. The molecule has 0 saturated heterocycles. The monoisotopic (exact) mass is 310 g/mol. The van der Waals surface area contributed by atoms with E-state index in [0.29, 0.717) is 6.29 Å². The maximum absolute atomic E-state index is 12.2. The Hall–Kier alpha value is -2.11. The molecule has 0 aliphatic carbocycles. The zero-order chi connectivity index (χ0) is 17.1. The summed E-state index contributed by atoms with van der Waals surface area (Å²) >= 11 is 0. The summed E-state index contributed by atoms with van der Waals surface area (Å²) in [6, 6.07) is 0. The molecular formula is C16H22O6. The Balaban J connectivity index is 3.05. The second-order valence-electron chi connectivity index (χ2n) is 6.89. The van der Waals surface area contributed by atoms with Gasteiger partial charge in [0, 0.05) is 5.57 Å². The number of allylic oxidation sites excluding steroid dienone is 2. The van der Waals surface area contributed by atoms with Crippen LogP contribution in [0, 0.1) is 0 Å². The van der Waals surface area contributed by atoms with Crippen molar-refractivity contribution in [1.29, 1.82) is 0 Å². The molecule has 1 aliphatic rings. The van der Waals surface area contributed by atoms with Crippen molar-refractivity contribution in [1.82, 2.24) is 0 Å². The molecule has 122 valence electrons. The van der Waals surface area contributed by atoms with Gasteiger partial charge in [0.15, 0.2) is 6.29 Å². The maximum Gasteiger partial charge on any atom is 0.352 e. The summed E-state index contributed by atoms with van der Waals surface area (Å²) in [4.78, 5) is 35.3. The van der Waals surface area contributed by atoms with Crippen LogP contribution in [-0.4, -0.2) is 35.5 Å². The lowest BCUT2D eigenvalue weighted by atomic mass is 10.0. The van der Waals surface area contributed by atoms with Crippen LogP contribution in [0.3, 0.4) is 0 Å². The molecule has 0 spiro atoms. The molecule has 0 aromatic rings. The zero-order valence-electron chi connectivity index (χ0n) is 13.8. The van der Waals surface area contributed by atoms with Gasteiger partial charge in [-0.1, -0.05) is 0 Å². The number of carbonyl (C=O) groups excluding carboxylic acids is 3. The lowest BCUT2D eigenvalue weighted by Gasteiger charge is -2.27. The van der Waals surface area contributed by atoms with Gasteiger partial charge in [-0.15, -0.1) is 0 Å². The van der Waals surface area contributed by atoms with Crippen LogP contribution >= 0.6 is 0 Å². The van der Waals surface area contributed by atoms with Crippen molar-refractivity contribution < 1.29 is 28.6 Å². The van der Waals surface area contributed by atoms with E-state index in [9.17, 15) is 14.4 Å². The van der Waals surface area contributed by atoms with E-state index < -0.39 is 29.2 Å². The van der Waals surface area contributed by atoms with Gasteiger partial charge >= 0.3 is 11.9 Å². The number of esters is 2. The van der Waals surface area contributed by atoms with Gasteiger partial charge < -0.3 is 14.2 Å². The summed E-state index contributed by atoms with van der Waals surface area (Å²) < 4.78 is 15.7. The molecule has 0 amide bonds. The van der Waals surface area contributed by atoms with Gasteiger partial charge in [-0.05, 0) is 47.6 Å². The molecule has 6 heteroatoms. The first kappa shape index (κ1) is 17.9. The largest absolute Gasteiger partial charge is 0.480 e. The molecule has 6 nitrogen and oxygen atoms in total. The molecule has 1 heterocycles. The average molecular weight is 310 g/mol. The number of carbonyl (C=O) groups is 3. The molecule has 0 saturated carbocycles. The van der Waals surface area contributed by atoms with Crippen LogP contribution in [0.2, 0.25) is 0 Å². The molecule has 1 aliphatic heterocycles. The van der Waals surface area contributed by atoms with E-state index in [0.717, 1.165) is 6.26 Å². The van der Waals surface area contributed by atoms with E-state index in [1.807, 2.05) is 0 Å². The molecule has 1 unspecified atom stereocenters. The summed E-state index contributed by atoms with van der Waals surface area (Å²) in [5, 5.41) is 0. The molecular weight excluding hydrogens is 288 g/mol. The molecule has 0 fully saturated rings. The average Bonchev–Trinajstić information content (AvgIpc) is 2.33. The van der Waals surface area contributed by atoms with Crippen molar-refractivity contribution in [2.75, 3.05) is 0 Å². The highest BCUT2D eigenvalue weighted by molar-refractivity contribution is 5.99. The van der Waals surface area contributed by atoms with Gasteiger partial charge in [-0.2, -0.15) is 0 Å². The van der Waals surface area contributed by atoms with E-state index in [1.165, 1.54) is 6.08 Å². The lowest BCUT2D eigenvalue weighted by Crippen LogP contribution is -2.39. The molecule has 0 radical (unpaired) electrons. The Morgan fingerprint density at radius 3 is 2.09 bits per heavy atom. The van der Waals surface area contributed by atoms with Crippen LogP contribution in [-0.2, 0) is 28.6 Å². The second kappa shape index (κ2) is 6.34. The Bertz CT molecular complexity index is 528. The molecule has 22 heavy (non-hydrogen) atoms. The lowest BCUT2D eigenvalue weighted by molar-refractivity contribution is -0.167. The van der Waals surface area contributed by atoms with Crippen molar-refractivity contribution in [3.8, 4) is 0 Å². The van der Waals surface area contributed by atoms with Crippen LogP contribution in [0.1, 0.15) is 41.5 Å². The zero-order valence-corrected chi connectivity index (χ0v) is 13.8. The molecule has 0 N–H and O–H groups in total. The Labute approximate surface area is 130 Å². The fraction of sp³-hybridized carbons (Fsp3) is 0.562. The summed E-state index contributed by atoms with van der Waals surface area (Å²) in [6.45, 7) is 10.2. The van der Waals surface area contributed by atoms with E-state index in [-0.39, 0.29) is 11.1 Å². The number of rotatable bonds is 3. The topological polar surface area (TPSA) is 78.9 Å². The van der Waals surface area contributed by atoms with Crippen molar-refractivity contribution in [2.24, 2.45) is 0 Å². The summed E-state index contributed by atoms with van der Waals surface area (Å²) in [6.07, 6.45) is 1.67. The number of aldehydes is 1. The van der Waals surface area contributed by atoms with Crippen LogP contribution < -0.4 is 0 Å². The Morgan fingerprint density at radius 1 is 1.09 bits per heavy atom.